The summed E-state index contributed by atoms with van der Waals surface area (Å²) in [6.45, 7) is 1.54. The van der Waals surface area contributed by atoms with E-state index in [9.17, 15) is 18.7 Å². The van der Waals surface area contributed by atoms with E-state index in [0.717, 1.165) is 19.4 Å². The van der Waals surface area contributed by atoms with Crippen LogP contribution in [0.25, 0.3) is 0 Å². The molecule has 1 aromatic rings. The zero-order chi connectivity index (χ0) is 15.2. The van der Waals surface area contributed by atoms with Gasteiger partial charge >= 0.3 is 0 Å². The van der Waals surface area contributed by atoms with Crippen LogP contribution in [-0.2, 0) is 4.79 Å². The molecule has 1 aliphatic rings. The number of carbonyl (C=O) groups excluding carboxylic acids is 1. The molecule has 7 heteroatoms. The molecular weight excluding hydrogens is 298 g/mol. The van der Waals surface area contributed by atoms with Gasteiger partial charge in [-0.25, -0.2) is 0 Å². The Labute approximate surface area is 126 Å². The highest BCUT2D eigenvalue weighted by molar-refractivity contribution is 7.99. The van der Waals surface area contributed by atoms with Crippen LogP contribution in [0.3, 0.4) is 0 Å². The number of piperidine rings is 1. The van der Waals surface area contributed by atoms with Crippen molar-refractivity contribution in [2.45, 2.75) is 29.6 Å². The van der Waals surface area contributed by atoms with Gasteiger partial charge in [-0.3, -0.25) is 9.69 Å². The Kier molecular flexibility index (Phi) is 5.96. The number of nitrogens with one attached hydrogen (secondary N) is 1. The zero-order valence-electron chi connectivity index (χ0n) is 11.5. The molecule has 0 aliphatic carbocycles. The van der Waals surface area contributed by atoms with Crippen molar-refractivity contribution in [3.8, 4) is 0 Å². The third kappa shape index (κ3) is 5.61. The van der Waals surface area contributed by atoms with E-state index < -0.39 is 5.76 Å². The summed E-state index contributed by atoms with van der Waals surface area (Å²) in [5.41, 5.74) is 0.580. The van der Waals surface area contributed by atoms with Gasteiger partial charge in [-0.15, -0.1) is 0 Å². The first-order valence-corrected chi connectivity index (χ1v) is 7.66. The Morgan fingerprint density at radius 3 is 2.76 bits per heavy atom. The van der Waals surface area contributed by atoms with Crippen molar-refractivity contribution in [3.63, 3.8) is 0 Å². The van der Waals surface area contributed by atoms with Gasteiger partial charge in [-0.2, -0.15) is 8.78 Å². The fourth-order valence-electron chi connectivity index (χ4n) is 2.30. The standard InChI is InChI=1S/C14H18F2N2O2S/c15-14(16)21-12-5-3-10(4-6-12)17-13(20)9-18-7-1-2-11(19)8-18/h3-6,11,14,19H,1-2,7-9H2,(H,17,20). The average Bonchev–Trinajstić information content (AvgIpc) is 2.40. The molecule has 0 spiro atoms. The number of nitrogens with zero attached hydrogens (tertiary/aromatic N) is 1. The first-order valence-electron chi connectivity index (χ1n) is 6.78. The van der Waals surface area contributed by atoms with Crippen molar-refractivity contribution < 1.29 is 18.7 Å². The quantitative estimate of drug-likeness (QED) is 0.819. The molecule has 4 nitrogen and oxygen atoms in total. The summed E-state index contributed by atoms with van der Waals surface area (Å²) in [6, 6.07) is 6.31. The molecule has 1 aromatic carbocycles. The molecule has 0 radical (unpaired) electrons. The van der Waals surface area contributed by atoms with Gasteiger partial charge < -0.3 is 10.4 Å². The molecule has 0 bridgehead atoms. The molecule has 2 rings (SSSR count). The number of rotatable bonds is 5. The Bertz CT molecular complexity index is 471. The second-order valence-corrected chi connectivity index (χ2v) is 6.05. The zero-order valence-corrected chi connectivity index (χ0v) is 12.3. The maximum Gasteiger partial charge on any atom is 0.288 e. The molecule has 1 unspecified atom stereocenters. The molecule has 1 amide bonds. The fraction of sp³-hybridized carbons (Fsp3) is 0.500. The van der Waals surface area contributed by atoms with Gasteiger partial charge in [-0.05, 0) is 43.7 Å². The number of hydrogen-bond donors (Lipinski definition) is 2. The minimum absolute atomic E-state index is 0.168. The van der Waals surface area contributed by atoms with Gasteiger partial charge in [0.1, 0.15) is 0 Å². The van der Waals surface area contributed by atoms with Gasteiger partial charge in [0, 0.05) is 17.1 Å². The second-order valence-electron chi connectivity index (χ2n) is 4.98. The summed E-state index contributed by atoms with van der Waals surface area (Å²) in [4.78, 5) is 14.3. The van der Waals surface area contributed by atoms with E-state index in [1.54, 1.807) is 24.3 Å². The predicted octanol–water partition coefficient (Wildman–Crippen LogP) is 2.40. The lowest BCUT2D eigenvalue weighted by molar-refractivity contribution is -0.118. The van der Waals surface area contributed by atoms with Crippen LogP contribution in [0.2, 0.25) is 0 Å². The Morgan fingerprint density at radius 1 is 1.43 bits per heavy atom. The lowest BCUT2D eigenvalue weighted by Crippen LogP contribution is -2.42. The minimum atomic E-state index is -2.45. The number of β-amino-alcohol motifs (C(OH)–C–C–N with tert-alkyl or cyclic N) is 1. The Morgan fingerprint density at radius 2 is 2.14 bits per heavy atom. The number of amides is 1. The summed E-state index contributed by atoms with van der Waals surface area (Å²) in [7, 11) is 0. The van der Waals surface area contributed by atoms with Crippen LogP contribution in [0, 0.1) is 0 Å². The fourth-order valence-corrected chi connectivity index (χ4v) is 2.80. The third-order valence-corrected chi connectivity index (χ3v) is 3.93. The number of likely N-dealkylation sites (tertiary alicyclic amines) is 1. The van der Waals surface area contributed by atoms with Crippen molar-refractivity contribution >= 4 is 23.4 Å². The van der Waals surface area contributed by atoms with E-state index in [1.165, 1.54) is 0 Å². The highest BCUT2D eigenvalue weighted by Gasteiger charge is 2.19. The van der Waals surface area contributed by atoms with E-state index in [2.05, 4.69) is 5.32 Å². The normalized spacial score (nSPS) is 19.7. The number of halogens is 2. The number of benzene rings is 1. The van der Waals surface area contributed by atoms with E-state index in [-0.39, 0.29) is 18.6 Å². The van der Waals surface area contributed by atoms with Crippen molar-refractivity contribution in [2.75, 3.05) is 25.0 Å². The second kappa shape index (κ2) is 7.72. The molecule has 1 fully saturated rings. The number of anilines is 1. The van der Waals surface area contributed by atoms with Gasteiger partial charge in [0.2, 0.25) is 5.91 Å². The van der Waals surface area contributed by atoms with Crippen molar-refractivity contribution in [3.05, 3.63) is 24.3 Å². The van der Waals surface area contributed by atoms with E-state index >= 15 is 0 Å². The Balaban J connectivity index is 1.82. The van der Waals surface area contributed by atoms with Crippen molar-refractivity contribution in [1.82, 2.24) is 4.90 Å². The molecule has 1 atom stereocenters. The first-order chi connectivity index (χ1) is 10.0. The number of hydrogen-bond acceptors (Lipinski definition) is 4. The van der Waals surface area contributed by atoms with Crippen LogP contribution in [0.5, 0.6) is 0 Å². The van der Waals surface area contributed by atoms with E-state index in [1.807, 2.05) is 4.90 Å². The highest BCUT2D eigenvalue weighted by atomic mass is 32.2. The molecule has 0 aromatic heterocycles. The monoisotopic (exact) mass is 316 g/mol. The highest BCUT2D eigenvalue weighted by Crippen LogP contribution is 2.26. The predicted molar refractivity (Wildman–Crippen MR) is 78.6 cm³/mol. The SMILES string of the molecule is O=C(CN1CCCC(O)C1)Nc1ccc(SC(F)F)cc1. The van der Waals surface area contributed by atoms with Crippen LogP contribution in [0.15, 0.2) is 29.2 Å². The average molecular weight is 316 g/mol. The van der Waals surface area contributed by atoms with Gasteiger partial charge in [0.25, 0.3) is 5.76 Å². The van der Waals surface area contributed by atoms with Crippen LogP contribution in [0.4, 0.5) is 14.5 Å². The van der Waals surface area contributed by atoms with Crippen LogP contribution in [-0.4, -0.2) is 47.4 Å². The van der Waals surface area contributed by atoms with Crippen LogP contribution < -0.4 is 5.32 Å². The maximum atomic E-state index is 12.2. The van der Waals surface area contributed by atoms with Crippen molar-refractivity contribution in [1.29, 1.82) is 0 Å². The number of alkyl halides is 2. The molecule has 0 saturated carbocycles. The molecule has 21 heavy (non-hydrogen) atoms. The number of thioether (sulfide) groups is 1. The summed E-state index contributed by atoms with van der Waals surface area (Å²) in [6.07, 6.45) is 1.30. The lowest BCUT2D eigenvalue weighted by Gasteiger charge is -2.29. The number of aliphatic hydroxyl groups excluding tert-OH is 1. The van der Waals surface area contributed by atoms with Crippen molar-refractivity contribution in [2.24, 2.45) is 0 Å². The summed E-state index contributed by atoms with van der Waals surface area (Å²) in [5.74, 6) is -2.62. The van der Waals surface area contributed by atoms with Crippen LogP contribution in [0.1, 0.15) is 12.8 Å². The molecule has 1 heterocycles. The molecule has 1 saturated heterocycles. The van der Waals surface area contributed by atoms with Crippen LogP contribution >= 0.6 is 11.8 Å². The largest absolute Gasteiger partial charge is 0.392 e. The summed E-state index contributed by atoms with van der Waals surface area (Å²) < 4.78 is 24.4. The van der Waals surface area contributed by atoms with E-state index in [0.29, 0.717) is 28.9 Å². The van der Waals surface area contributed by atoms with E-state index in [4.69, 9.17) is 0 Å². The molecule has 1 aliphatic heterocycles. The van der Waals surface area contributed by atoms with Gasteiger partial charge in [-0.1, -0.05) is 11.8 Å². The lowest BCUT2D eigenvalue weighted by atomic mass is 10.1. The molecule has 116 valence electrons. The molecule has 2 N–H and O–H groups in total. The smallest absolute Gasteiger partial charge is 0.288 e. The summed E-state index contributed by atoms with van der Waals surface area (Å²) in [5, 5.41) is 12.3. The number of aliphatic hydroxyl groups is 1. The first kappa shape index (κ1) is 16.2. The number of carbonyl (C=O) groups is 1. The molecular formula is C14H18F2N2O2S. The third-order valence-electron chi connectivity index (χ3n) is 3.21. The maximum absolute atomic E-state index is 12.2. The topological polar surface area (TPSA) is 52.6 Å². The van der Waals surface area contributed by atoms with Gasteiger partial charge in [0.15, 0.2) is 0 Å². The summed E-state index contributed by atoms with van der Waals surface area (Å²) >= 11 is 0.473. The van der Waals surface area contributed by atoms with Gasteiger partial charge in [0.05, 0.1) is 12.6 Å². The minimum Gasteiger partial charge on any atom is -0.392 e. The Hall–Kier alpha value is -1.18.